The Morgan fingerprint density at radius 3 is 2.65 bits per heavy atom. The molecular weight excluding hydrogens is 435 g/mol. The van der Waals surface area contributed by atoms with Crippen LogP contribution in [-0.4, -0.2) is 12.5 Å². The van der Waals surface area contributed by atoms with Gasteiger partial charge in [-0.05, 0) is 49.4 Å². The van der Waals surface area contributed by atoms with Gasteiger partial charge < -0.3 is 10.1 Å². The molecule has 26 heavy (non-hydrogen) atoms. The molecule has 0 atom stereocenters. The number of benzene rings is 2. The number of halogens is 5. The van der Waals surface area contributed by atoms with Gasteiger partial charge in [0, 0.05) is 21.8 Å². The Labute approximate surface area is 161 Å². The second-order valence-corrected chi connectivity index (χ2v) is 6.45. The van der Waals surface area contributed by atoms with Gasteiger partial charge in [-0.25, -0.2) is 0 Å². The summed E-state index contributed by atoms with van der Waals surface area (Å²) >= 11 is 8.89. The van der Waals surface area contributed by atoms with Gasteiger partial charge >= 0.3 is 6.18 Å². The summed E-state index contributed by atoms with van der Waals surface area (Å²) in [6.07, 6.45) is -1.87. The van der Waals surface area contributed by atoms with E-state index < -0.39 is 22.7 Å². The Hall–Kier alpha value is -1.99. The molecule has 2 aromatic carbocycles. The summed E-state index contributed by atoms with van der Waals surface area (Å²) in [5.41, 5.74) is -0.356. The predicted octanol–water partition coefficient (Wildman–Crippen LogP) is 6.17. The molecule has 138 valence electrons. The van der Waals surface area contributed by atoms with Crippen molar-refractivity contribution in [2.45, 2.75) is 13.1 Å². The van der Waals surface area contributed by atoms with Gasteiger partial charge in [-0.2, -0.15) is 13.2 Å². The number of rotatable bonds is 5. The van der Waals surface area contributed by atoms with Gasteiger partial charge in [-0.3, -0.25) is 4.79 Å². The number of nitrogens with one attached hydrogen (secondary N) is 1. The van der Waals surface area contributed by atoms with Crippen molar-refractivity contribution in [2.24, 2.45) is 0 Å². The van der Waals surface area contributed by atoms with Crippen molar-refractivity contribution in [1.29, 1.82) is 0 Å². The Morgan fingerprint density at radius 1 is 1.27 bits per heavy atom. The molecule has 0 aromatic heterocycles. The maximum absolute atomic E-state index is 12.9. The lowest BCUT2D eigenvalue weighted by atomic mass is 10.1. The summed E-state index contributed by atoms with van der Waals surface area (Å²) in [6.45, 7) is 2.29. The van der Waals surface area contributed by atoms with E-state index in [2.05, 4.69) is 21.2 Å². The van der Waals surface area contributed by atoms with Gasteiger partial charge in [0.1, 0.15) is 5.75 Å². The number of carbonyl (C=O) groups is 1. The van der Waals surface area contributed by atoms with Gasteiger partial charge in [0.25, 0.3) is 0 Å². The first-order valence-corrected chi connectivity index (χ1v) is 8.66. The van der Waals surface area contributed by atoms with Crippen molar-refractivity contribution in [3.8, 4) is 5.75 Å². The highest BCUT2D eigenvalue weighted by Crippen LogP contribution is 2.36. The zero-order valence-electron chi connectivity index (χ0n) is 13.5. The minimum Gasteiger partial charge on any atom is -0.493 e. The summed E-state index contributed by atoms with van der Waals surface area (Å²) in [5.74, 6) is 0.00784. The molecule has 0 saturated carbocycles. The van der Waals surface area contributed by atoms with Gasteiger partial charge in [0.05, 0.1) is 17.2 Å². The average Bonchev–Trinajstić information content (AvgIpc) is 2.56. The normalized spacial score (nSPS) is 11.6. The van der Waals surface area contributed by atoms with E-state index in [1.807, 2.05) is 6.92 Å². The van der Waals surface area contributed by atoms with Gasteiger partial charge in [-0.1, -0.05) is 27.5 Å². The number of hydrogen-bond donors (Lipinski definition) is 1. The van der Waals surface area contributed by atoms with Crippen LogP contribution in [0.5, 0.6) is 5.75 Å². The van der Waals surface area contributed by atoms with Crippen LogP contribution in [0.3, 0.4) is 0 Å². The summed E-state index contributed by atoms with van der Waals surface area (Å²) in [6, 6.07) is 8.49. The molecule has 0 spiro atoms. The molecule has 0 fully saturated rings. The summed E-state index contributed by atoms with van der Waals surface area (Å²) < 4.78 is 44.8. The topological polar surface area (TPSA) is 38.3 Å². The van der Waals surface area contributed by atoms with Crippen LogP contribution in [0.15, 0.2) is 46.9 Å². The van der Waals surface area contributed by atoms with Crippen LogP contribution in [0, 0.1) is 0 Å². The van der Waals surface area contributed by atoms with Crippen molar-refractivity contribution in [2.75, 3.05) is 11.9 Å². The molecular formula is C18H14BrClF3NO2. The van der Waals surface area contributed by atoms with Crippen LogP contribution in [0.25, 0.3) is 6.08 Å². The van der Waals surface area contributed by atoms with Gasteiger partial charge in [-0.15, -0.1) is 0 Å². The molecule has 0 saturated heterocycles. The Bertz CT molecular complexity index is 838. The second kappa shape index (κ2) is 8.60. The first-order valence-electron chi connectivity index (χ1n) is 7.49. The molecule has 0 radical (unpaired) electrons. The minimum atomic E-state index is -4.60. The molecule has 0 heterocycles. The third-order valence-corrected chi connectivity index (χ3v) is 4.05. The van der Waals surface area contributed by atoms with E-state index in [1.54, 1.807) is 18.2 Å². The molecule has 1 N–H and O–H groups in total. The van der Waals surface area contributed by atoms with Crippen molar-refractivity contribution >= 4 is 45.2 Å². The number of anilines is 1. The highest BCUT2D eigenvalue weighted by atomic mass is 79.9. The molecule has 3 nitrogen and oxygen atoms in total. The Kier molecular flexibility index (Phi) is 6.72. The lowest BCUT2D eigenvalue weighted by molar-refractivity contribution is -0.137. The quantitative estimate of drug-likeness (QED) is 0.555. The Balaban J connectivity index is 2.17. The second-order valence-electron chi connectivity index (χ2n) is 5.13. The first kappa shape index (κ1) is 20.3. The fraction of sp³-hybridized carbons (Fsp3) is 0.167. The first-order chi connectivity index (χ1) is 12.2. The number of ether oxygens (including phenoxy) is 1. The molecule has 0 aliphatic carbocycles. The van der Waals surface area contributed by atoms with Crippen molar-refractivity contribution in [1.82, 2.24) is 0 Å². The van der Waals surface area contributed by atoms with E-state index in [4.69, 9.17) is 16.3 Å². The SMILES string of the molecule is CCOc1ccc(Br)cc1/C=C/C(=O)Nc1ccc(Cl)c(C(F)(F)F)c1. The number of carbonyl (C=O) groups excluding carboxylic acids is 1. The summed E-state index contributed by atoms with van der Waals surface area (Å²) in [5, 5.41) is 1.95. The number of amides is 1. The van der Waals surface area contributed by atoms with E-state index in [-0.39, 0.29) is 5.69 Å². The number of alkyl halides is 3. The van der Waals surface area contributed by atoms with Crippen molar-refractivity contribution in [3.05, 3.63) is 63.1 Å². The highest BCUT2D eigenvalue weighted by molar-refractivity contribution is 9.10. The molecule has 0 bridgehead atoms. The molecule has 2 rings (SSSR count). The van der Waals surface area contributed by atoms with Crippen LogP contribution in [-0.2, 0) is 11.0 Å². The summed E-state index contributed by atoms with van der Waals surface area (Å²) in [7, 11) is 0. The fourth-order valence-corrected chi connectivity index (χ4v) is 2.71. The third kappa shape index (κ3) is 5.51. The van der Waals surface area contributed by atoms with E-state index in [1.165, 1.54) is 18.2 Å². The summed E-state index contributed by atoms with van der Waals surface area (Å²) in [4.78, 5) is 12.0. The van der Waals surface area contributed by atoms with Crippen LogP contribution in [0.2, 0.25) is 5.02 Å². The zero-order chi connectivity index (χ0) is 19.3. The maximum atomic E-state index is 12.9. The lowest BCUT2D eigenvalue weighted by Crippen LogP contribution is -2.11. The average molecular weight is 449 g/mol. The van der Waals surface area contributed by atoms with Gasteiger partial charge in [0.15, 0.2) is 0 Å². The molecule has 2 aromatic rings. The standard InChI is InChI=1S/C18H14BrClF3NO2/c1-2-26-16-7-4-12(19)9-11(16)3-8-17(25)24-13-5-6-15(20)14(10-13)18(21,22)23/h3-10H,2H2,1H3,(H,24,25)/b8-3+. The van der Waals surface area contributed by atoms with E-state index >= 15 is 0 Å². The Morgan fingerprint density at radius 2 is 2.00 bits per heavy atom. The van der Waals surface area contributed by atoms with Crippen LogP contribution in [0.4, 0.5) is 18.9 Å². The van der Waals surface area contributed by atoms with E-state index in [0.29, 0.717) is 17.9 Å². The van der Waals surface area contributed by atoms with E-state index in [9.17, 15) is 18.0 Å². The maximum Gasteiger partial charge on any atom is 0.417 e. The molecule has 8 heteroatoms. The predicted molar refractivity (Wildman–Crippen MR) is 99.4 cm³/mol. The van der Waals surface area contributed by atoms with Crippen molar-refractivity contribution in [3.63, 3.8) is 0 Å². The van der Waals surface area contributed by atoms with Crippen LogP contribution >= 0.6 is 27.5 Å². The van der Waals surface area contributed by atoms with Crippen LogP contribution in [0.1, 0.15) is 18.1 Å². The van der Waals surface area contributed by atoms with Gasteiger partial charge in [0.2, 0.25) is 5.91 Å². The minimum absolute atomic E-state index is 0.00403. The van der Waals surface area contributed by atoms with Crippen molar-refractivity contribution < 1.29 is 22.7 Å². The van der Waals surface area contributed by atoms with E-state index in [0.717, 1.165) is 16.6 Å². The molecule has 0 aliphatic heterocycles. The largest absolute Gasteiger partial charge is 0.493 e. The number of hydrogen-bond acceptors (Lipinski definition) is 2. The molecule has 0 aliphatic rings. The highest BCUT2D eigenvalue weighted by Gasteiger charge is 2.33. The third-order valence-electron chi connectivity index (χ3n) is 3.23. The zero-order valence-corrected chi connectivity index (χ0v) is 15.9. The lowest BCUT2D eigenvalue weighted by Gasteiger charge is -2.11. The molecule has 0 unspecified atom stereocenters. The van der Waals surface area contributed by atoms with Crippen LogP contribution < -0.4 is 10.1 Å². The smallest absolute Gasteiger partial charge is 0.417 e. The molecule has 1 amide bonds. The monoisotopic (exact) mass is 447 g/mol. The fourth-order valence-electron chi connectivity index (χ4n) is 2.11.